The maximum atomic E-state index is 12.3. The summed E-state index contributed by atoms with van der Waals surface area (Å²) in [6.07, 6.45) is 5.28. The molecule has 7 rings (SSSR count). The van der Waals surface area contributed by atoms with Gasteiger partial charge in [-0.25, -0.2) is 19.2 Å². The highest BCUT2D eigenvalue weighted by atomic mass is 16.6. The van der Waals surface area contributed by atoms with Gasteiger partial charge in [-0.3, -0.25) is 0 Å². The number of cyclic esters (lactones) is 4. The van der Waals surface area contributed by atoms with Crippen molar-refractivity contribution in [2.45, 2.75) is 53.4 Å². The van der Waals surface area contributed by atoms with Crippen molar-refractivity contribution in [3.63, 3.8) is 0 Å². The first-order valence-corrected chi connectivity index (χ1v) is 13.1. The van der Waals surface area contributed by atoms with Crippen LogP contribution in [0.15, 0.2) is 48.5 Å². The first kappa shape index (κ1) is 25.3. The molecule has 0 aromatic heterocycles. The molecule has 2 heterocycles. The number of rotatable bonds is 2. The molecule has 0 saturated heterocycles. The molecule has 192 valence electrons. The lowest BCUT2D eigenvalue weighted by Gasteiger charge is -2.22. The average Bonchev–Trinajstić information content (AvgIpc) is 2.94. The summed E-state index contributed by atoms with van der Waals surface area (Å²) in [6, 6.07) is 13.9. The van der Waals surface area contributed by atoms with E-state index in [2.05, 4.69) is 27.7 Å². The summed E-state index contributed by atoms with van der Waals surface area (Å²) in [5.74, 6) is -2.66. The minimum Gasteiger partial charge on any atom is -0.386 e. The highest BCUT2D eigenvalue weighted by Crippen LogP contribution is 2.45. The number of benzene rings is 5. The van der Waals surface area contributed by atoms with E-state index in [-0.39, 0.29) is 0 Å². The van der Waals surface area contributed by atoms with E-state index in [0.29, 0.717) is 33.0 Å². The van der Waals surface area contributed by atoms with Crippen molar-refractivity contribution in [2.24, 2.45) is 0 Å². The third kappa shape index (κ3) is 3.71. The fourth-order valence-corrected chi connectivity index (χ4v) is 4.96. The SMILES string of the molecule is CCCC.CCCC.O=C1OC(=O)c2ccc3c4ccc5c6c(ccc(c7ccc1c2c73)c64)C(=O)OC5=O. The number of carbonyl (C=O) groups is 4. The summed E-state index contributed by atoms with van der Waals surface area (Å²) in [4.78, 5) is 49.3. The molecule has 0 atom stereocenters. The number of fused-ring (bicyclic) bond motifs is 2. The molecule has 0 unspecified atom stereocenters. The molecule has 0 bridgehead atoms. The van der Waals surface area contributed by atoms with Crippen LogP contribution < -0.4 is 0 Å². The molecule has 5 aromatic rings. The van der Waals surface area contributed by atoms with E-state index >= 15 is 0 Å². The van der Waals surface area contributed by atoms with Crippen molar-refractivity contribution in [3.05, 3.63) is 70.8 Å². The van der Waals surface area contributed by atoms with E-state index in [4.69, 9.17) is 9.47 Å². The van der Waals surface area contributed by atoms with Crippen LogP contribution in [0.5, 0.6) is 0 Å². The van der Waals surface area contributed by atoms with Crippen LogP contribution in [0.25, 0.3) is 43.1 Å². The number of unbranched alkanes of at least 4 members (excludes halogenated alkanes) is 2. The van der Waals surface area contributed by atoms with Crippen molar-refractivity contribution in [1.29, 1.82) is 0 Å². The Labute approximate surface area is 219 Å². The highest BCUT2D eigenvalue weighted by molar-refractivity contribution is 6.39. The third-order valence-electron chi connectivity index (χ3n) is 7.15. The molecule has 5 aromatic carbocycles. The topological polar surface area (TPSA) is 86.7 Å². The van der Waals surface area contributed by atoms with Gasteiger partial charge in [0, 0.05) is 10.8 Å². The van der Waals surface area contributed by atoms with Gasteiger partial charge >= 0.3 is 23.9 Å². The number of hydrogen-bond acceptors (Lipinski definition) is 6. The molecule has 38 heavy (non-hydrogen) atoms. The number of esters is 4. The molecular weight excluding hydrogens is 480 g/mol. The van der Waals surface area contributed by atoms with Gasteiger partial charge in [-0.15, -0.1) is 0 Å². The predicted octanol–water partition coefficient (Wildman–Crippen LogP) is 7.97. The minimum atomic E-state index is -0.666. The largest absolute Gasteiger partial charge is 0.386 e. The molecular formula is C32H28O6. The van der Waals surface area contributed by atoms with E-state index in [1.165, 1.54) is 25.7 Å². The Kier molecular flexibility index (Phi) is 6.57. The zero-order valence-corrected chi connectivity index (χ0v) is 21.9. The van der Waals surface area contributed by atoms with E-state index in [9.17, 15) is 19.2 Å². The molecule has 2 aliphatic rings. The maximum absolute atomic E-state index is 12.3. The Morgan fingerprint density at radius 1 is 0.395 bits per heavy atom. The number of carbonyl (C=O) groups excluding carboxylic acids is 4. The van der Waals surface area contributed by atoms with Crippen LogP contribution in [-0.4, -0.2) is 23.9 Å². The van der Waals surface area contributed by atoms with E-state index < -0.39 is 23.9 Å². The molecule has 0 aliphatic carbocycles. The van der Waals surface area contributed by atoms with Gasteiger partial charge in [0.25, 0.3) is 0 Å². The van der Waals surface area contributed by atoms with Gasteiger partial charge < -0.3 is 9.47 Å². The van der Waals surface area contributed by atoms with E-state index in [1.807, 2.05) is 24.3 Å². The van der Waals surface area contributed by atoms with Crippen LogP contribution in [0.4, 0.5) is 0 Å². The van der Waals surface area contributed by atoms with Crippen molar-refractivity contribution in [2.75, 3.05) is 0 Å². The Morgan fingerprint density at radius 3 is 0.842 bits per heavy atom. The van der Waals surface area contributed by atoms with Crippen molar-refractivity contribution in [1.82, 2.24) is 0 Å². The molecule has 2 aliphatic heterocycles. The van der Waals surface area contributed by atoms with Gasteiger partial charge in [0.05, 0.1) is 22.3 Å². The Balaban J connectivity index is 0.000000327. The molecule has 6 nitrogen and oxygen atoms in total. The van der Waals surface area contributed by atoms with Gasteiger partial charge in [-0.2, -0.15) is 0 Å². The Hall–Kier alpha value is -4.32. The standard InChI is InChI=1S/C24H8O6.2C4H10/c25-21-13-5-1-9-10-2-6-15-20-16(24(28)30-23(15)27)8-4-12(18(10)20)11-3-7-14(22(26)29-21)19(13)17(9)11;2*1-3-4-2/h1-8H;2*3-4H2,1-2H3. The summed E-state index contributed by atoms with van der Waals surface area (Å²) in [5, 5.41) is 6.03. The zero-order valence-electron chi connectivity index (χ0n) is 21.9. The molecule has 0 amide bonds. The second kappa shape index (κ2) is 9.86. The Bertz CT molecular complexity index is 1530. The second-order valence-electron chi connectivity index (χ2n) is 9.50. The third-order valence-corrected chi connectivity index (χ3v) is 7.15. The van der Waals surface area contributed by atoms with Gasteiger partial charge in [-0.1, -0.05) is 77.6 Å². The van der Waals surface area contributed by atoms with Crippen LogP contribution in [0, 0.1) is 0 Å². The van der Waals surface area contributed by atoms with Crippen molar-refractivity contribution in [3.8, 4) is 0 Å². The molecule has 0 saturated carbocycles. The Morgan fingerprint density at radius 2 is 0.632 bits per heavy atom. The van der Waals surface area contributed by atoms with Gasteiger partial charge in [0.2, 0.25) is 0 Å². The molecule has 0 spiro atoms. The van der Waals surface area contributed by atoms with E-state index in [0.717, 1.165) is 32.3 Å². The summed E-state index contributed by atoms with van der Waals surface area (Å²) >= 11 is 0. The maximum Gasteiger partial charge on any atom is 0.346 e. The van der Waals surface area contributed by atoms with Crippen LogP contribution in [0.1, 0.15) is 94.8 Å². The molecule has 6 heteroatoms. The first-order chi connectivity index (χ1) is 18.4. The zero-order chi connectivity index (χ0) is 27.1. The monoisotopic (exact) mass is 508 g/mol. The molecule has 0 N–H and O–H groups in total. The fraction of sp³-hybridized carbons (Fsp3) is 0.250. The minimum absolute atomic E-state index is 0.345. The first-order valence-electron chi connectivity index (χ1n) is 13.1. The number of ether oxygens (including phenoxy) is 2. The van der Waals surface area contributed by atoms with Crippen LogP contribution in [-0.2, 0) is 9.47 Å². The number of hydrogen-bond donors (Lipinski definition) is 0. The highest BCUT2D eigenvalue weighted by Gasteiger charge is 2.32. The summed E-state index contributed by atoms with van der Waals surface area (Å²) < 4.78 is 9.74. The lowest BCUT2D eigenvalue weighted by Crippen LogP contribution is -2.20. The summed E-state index contributed by atoms with van der Waals surface area (Å²) in [6.45, 7) is 8.72. The van der Waals surface area contributed by atoms with Crippen LogP contribution in [0.2, 0.25) is 0 Å². The predicted molar refractivity (Wildman–Crippen MR) is 148 cm³/mol. The summed E-state index contributed by atoms with van der Waals surface area (Å²) in [7, 11) is 0. The van der Waals surface area contributed by atoms with E-state index in [1.54, 1.807) is 24.3 Å². The molecule has 0 fully saturated rings. The quantitative estimate of drug-likeness (QED) is 0.104. The molecule has 0 radical (unpaired) electrons. The lowest BCUT2D eigenvalue weighted by molar-refractivity contribution is 0.0373. The normalized spacial score (nSPS) is 13.8. The van der Waals surface area contributed by atoms with Crippen LogP contribution >= 0.6 is 0 Å². The fourth-order valence-electron chi connectivity index (χ4n) is 4.96. The summed E-state index contributed by atoms with van der Waals surface area (Å²) in [5.41, 5.74) is 1.38. The van der Waals surface area contributed by atoms with Gasteiger partial charge in [0.15, 0.2) is 0 Å². The van der Waals surface area contributed by atoms with Crippen molar-refractivity contribution < 1.29 is 28.7 Å². The lowest BCUT2D eigenvalue weighted by atomic mass is 9.83. The average molecular weight is 509 g/mol. The van der Waals surface area contributed by atoms with Gasteiger partial charge in [0.1, 0.15) is 0 Å². The van der Waals surface area contributed by atoms with Crippen molar-refractivity contribution >= 4 is 67.0 Å². The smallest absolute Gasteiger partial charge is 0.346 e. The second-order valence-corrected chi connectivity index (χ2v) is 9.50. The van der Waals surface area contributed by atoms with Gasteiger partial charge in [-0.05, 0) is 56.6 Å². The van der Waals surface area contributed by atoms with Crippen LogP contribution in [0.3, 0.4) is 0 Å².